The number of nitrogens with zero attached hydrogens (tertiary/aromatic N) is 1. The number of hydrogen-bond donors (Lipinski definition) is 4. The van der Waals surface area contributed by atoms with Crippen molar-refractivity contribution in [3.63, 3.8) is 0 Å². The van der Waals surface area contributed by atoms with E-state index < -0.39 is 6.10 Å². The molecule has 0 saturated carbocycles. The second kappa shape index (κ2) is 13.4. The van der Waals surface area contributed by atoms with E-state index in [1.54, 1.807) is 31.4 Å². The summed E-state index contributed by atoms with van der Waals surface area (Å²) in [7, 11) is 1.59. The van der Waals surface area contributed by atoms with Crippen LogP contribution in [0, 0.1) is 0 Å². The molecule has 4 N–H and O–H groups in total. The predicted molar refractivity (Wildman–Crippen MR) is 126 cm³/mol. The number of carbonyl (C=O) groups is 2. The van der Waals surface area contributed by atoms with Crippen LogP contribution in [-0.4, -0.2) is 80.1 Å². The highest BCUT2D eigenvalue weighted by Gasteiger charge is 2.31. The molecule has 0 radical (unpaired) electrons. The number of methoxy groups -OCH3 is 1. The Bertz CT molecular complexity index is 739. The Morgan fingerprint density at radius 1 is 1.15 bits per heavy atom. The number of nitrogens with one attached hydrogen (secondary N) is 3. The number of anilines is 1. The number of carbonyl (C=O) groups excluding carboxylic acids is 2. The number of benzene rings is 1. The van der Waals surface area contributed by atoms with E-state index in [0.717, 1.165) is 26.1 Å². The molecule has 3 rings (SSSR count). The molecule has 9 nitrogen and oxygen atoms in total. The normalized spacial score (nSPS) is 23.5. The Morgan fingerprint density at radius 2 is 1.91 bits per heavy atom. The molecule has 2 heterocycles. The summed E-state index contributed by atoms with van der Waals surface area (Å²) in [6.07, 6.45) is 5.91. The zero-order chi connectivity index (χ0) is 23.5. The number of amides is 3. The Labute approximate surface area is 196 Å². The molecule has 0 bridgehead atoms. The number of ether oxygens (including phenoxy) is 2. The fraction of sp³-hybridized carbons (Fsp3) is 0.667. The molecule has 2 aliphatic heterocycles. The van der Waals surface area contributed by atoms with Crippen molar-refractivity contribution in [1.82, 2.24) is 15.5 Å². The third kappa shape index (κ3) is 8.49. The Balaban J connectivity index is 1.33. The molecule has 0 aliphatic carbocycles. The Kier molecular flexibility index (Phi) is 10.2. The quantitative estimate of drug-likeness (QED) is 0.424. The highest BCUT2D eigenvalue weighted by Crippen LogP contribution is 2.22. The van der Waals surface area contributed by atoms with Crippen LogP contribution in [0.5, 0.6) is 5.75 Å². The summed E-state index contributed by atoms with van der Waals surface area (Å²) in [5.74, 6) is 0.788. The SMILES string of the molecule is COc1ccc(NC(=O)N[C@@H]2CC[C@H](CCNC(=O)CCN3CCCCC3)O[C@H]2CO)cc1. The van der Waals surface area contributed by atoms with Crippen molar-refractivity contribution in [3.05, 3.63) is 24.3 Å². The smallest absolute Gasteiger partial charge is 0.319 e. The summed E-state index contributed by atoms with van der Waals surface area (Å²) in [5, 5.41) is 18.4. The van der Waals surface area contributed by atoms with Gasteiger partial charge in [-0.3, -0.25) is 4.79 Å². The van der Waals surface area contributed by atoms with Crippen LogP contribution in [-0.2, 0) is 9.53 Å². The third-order valence-electron chi connectivity index (χ3n) is 6.35. The van der Waals surface area contributed by atoms with Crippen molar-refractivity contribution in [2.45, 2.75) is 63.2 Å². The van der Waals surface area contributed by atoms with Crippen molar-refractivity contribution in [3.8, 4) is 5.75 Å². The van der Waals surface area contributed by atoms with E-state index in [0.29, 0.717) is 37.2 Å². The van der Waals surface area contributed by atoms with Crippen molar-refractivity contribution in [1.29, 1.82) is 0 Å². The highest BCUT2D eigenvalue weighted by atomic mass is 16.5. The minimum atomic E-state index is -0.472. The van der Waals surface area contributed by atoms with Crippen molar-refractivity contribution in [2.75, 3.05) is 45.2 Å². The molecule has 1 aromatic rings. The fourth-order valence-electron chi connectivity index (χ4n) is 4.42. The zero-order valence-electron chi connectivity index (χ0n) is 19.6. The van der Waals surface area contributed by atoms with Gasteiger partial charge in [0.25, 0.3) is 0 Å². The maximum absolute atomic E-state index is 12.4. The van der Waals surface area contributed by atoms with E-state index in [1.807, 2.05) is 0 Å². The van der Waals surface area contributed by atoms with Crippen LogP contribution >= 0.6 is 0 Å². The van der Waals surface area contributed by atoms with Crippen LogP contribution in [0.4, 0.5) is 10.5 Å². The molecule has 0 spiro atoms. The topological polar surface area (TPSA) is 112 Å². The van der Waals surface area contributed by atoms with Crippen molar-refractivity contribution >= 4 is 17.6 Å². The number of aliphatic hydroxyl groups is 1. The molecule has 2 saturated heterocycles. The van der Waals surface area contributed by atoms with E-state index in [9.17, 15) is 14.7 Å². The molecule has 184 valence electrons. The molecular formula is C24H38N4O5. The van der Waals surface area contributed by atoms with Crippen LogP contribution in [0.25, 0.3) is 0 Å². The zero-order valence-corrected chi connectivity index (χ0v) is 19.6. The molecular weight excluding hydrogens is 424 g/mol. The molecule has 0 unspecified atom stereocenters. The average Bonchev–Trinajstić information content (AvgIpc) is 2.84. The first-order valence-electron chi connectivity index (χ1n) is 12.0. The predicted octanol–water partition coefficient (Wildman–Crippen LogP) is 2.11. The third-order valence-corrected chi connectivity index (χ3v) is 6.35. The van der Waals surface area contributed by atoms with Crippen LogP contribution in [0.2, 0.25) is 0 Å². The van der Waals surface area contributed by atoms with Gasteiger partial charge in [0.15, 0.2) is 0 Å². The van der Waals surface area contributed by atoms with Crippen LogP contribution in [0.15, 0.2) is 24.3 Å². The maximum Gasteiger partial charge on any atom is 0.319 e. The van der Waals surface area contributed by atoms with Crippen LogP contribution in [0.3, 0.4) is 0 Å². The van der Waals surface area contributed by atoms with Gasteiger partial charge in [-0.2, -0.15) is 0 Å². The first-order valence-corrected chi connectivity index (χ1v) is 12.0. The molecule has 3 atom stereocenters. The summed E-state index contributed by atoms with van der Waals surface area (Å²) in [4.78, 5) is 26.8. The minimum absolute atomic E-state index is 0.0488. The van der Waals surface area contributed by atoms with Crippen LogP contribution < -0.4 is 20.7 Å². The summed E-state index contributed by atoms with van der Waals surface area (Å²) in [5.41, 5.74) is 0.652. The lowest BCUT2D eigenvalue weighted by molar-refractivity contribution is -0.122. The maximum atomic E-state index is 12.4. The Morgan fingerprint density at radius 3 is 2.61 bits per heavy atom. The van der Waals surface area contributed by atoms with Gasteiger partial charge in [-0.1, -0.05) is 6.42 Å². The van der Waals surface area contributed by atoms with Crippen molar-refractivity contribution in [2.24, 2.45) is 0 Å². The lowest BCUT2D eigenvalue weighted by Gasteiger charge is -2.36. The number of likely N-dealkylation sites (tertiary alicyclic amines) is 1. The lowest BCUT2D eigenvalue weighted by Crippen LogP contribution is -2.52. The van der Waals surface area contributed by atoms with E-state index in [4.69, 9.17) is 9.47 Å². The molecule has 1 aromatic carbocycles. The minimum Gasteiger partial charge on any atom is -0.497 e. The van der Waals surface area contributed by atoms with Gasteiger partial charge in [0, 0.05) is 25.2 Å². The number of urea groups is 1. The second-order valence-corrected chi connectivity index (χ2v) is 8.78. The first kappa shape index (κ1) is 25.3. The average molecular weight is 463 g/mol. The monoisotopic (exact) mass is 462 g/mol. The summed E-state index contributed by atoms with van der Waals surface area (Å²) >= 11 is 0. The molecule has 0 aromatic heterocycles. The molecule has 3 amide bonds. The van der Waals surface area contributed by atoms with E-state index in [2.05, 4.69) is 20.9 Å². The Hall–Kier alpha value is -2.36. The fourth-order valence-corrected chi connectivity index (χ4v) is 4.42. The standard InChI is InChI=1S/C24H38N4O5/c1-32-19-7-5-18(6-8-19)26-24(31)27-21-10-9-20(33-22(21)17-29)11-13-25-23(30)12-16-28-14-3-2-4-15-28/h5-8,20-22,29H,2-4,9-17H2,1H3,(H,25,30)(H2,26,27,31)/t20-,21-,22+/m1/s1. The molecule has 2 aliphatic rings. The number of rotatable bonds is 10. The van der Waals surface area contributed by atoms with E-state index in [1.165, 1.54) is 19.3 Å². The van der Waals surface area contributed by atoms with Gasteiger partial charge in [-0.25, -0.2) is 4.79 Å². The molecule has 33 heavy (non-hydrogen) atoms. The van der Waals surface area contributed by atoms with Gasteiger partial charge in [0.05, 0.1) is 25.9 Å². The summed E-state index contributed by atoms with van der Waals surface area (Å²) in [6, 6.07) is 6.45. The van der Waals surface area contributed by atoms with E-state index in [-0.39, 0.29) is 30.7 Å². The van der Waals surface area contributed by atoms with Crippen molar-refractivity contribution < 1.29 is 24.2 Å². The van der Waals surface area contributed by atoms with Gasteiger partial charge in [-0.15, -0.1) is 0 Å². The van der Waals surface area contributed by atoms with Gasteiger partial charge in [0.2, 0.25) is 5.91 Å². The lowest BCUT2D eigenvalue weighted by atomic mass is 9.97. The van der Waals surface area contributed by atoms with Gasteiger partial charge < -0.3 is 35.4 Å². The second-order valence-electron chi connectivity index (χ2n) is 8.78. The van der Waals surface area contributed by atoms with Gasteiger partial charge >= 0.3 is 6.03 Å². The molecule has 2 fully saturated rings. The largest absolute Gasteiger partial charge is 0.497 e. The number of aliphatic hydroxyl groups excluding tert-OH is 1. The summed E-state index contributed by atoms with van der Waals surface area (Å²) in [6.45, 7) is 3.40. The summed E-state index contributed by atoms with van der Waals surface area (Å²) < 4.78 is 11.1. The van der Waals surface area contributed by atoms with Gasteiger partial charge in [0.1, 0.15) is 11.9 Å². The van der Waals surface area contributed by atoms with Crippen LogP contribution in [0.1, 0.15) is 44.9 Å². The molecule has 9 heteroatoms. The van der Waals surface area contributed by atoms with E-state index >= 15 is 0 Å². The first-order chi connectivity index (χ1) is 16.1. The van der Waals surface area contributed by atoms with Gasteiger partial charge in [-0.05, 0) is 69.5 Å². The number of hydrogen-bond acceptors (Lipinski definition) is 6. The highest BCUT2D eigenvalue weighted by molar-refractivity contribution is 5.89. The number of piperidine rings is 1.